The summed E-state index contributed by atoms with van der Waals surface area (Å²) in [7, 11) is 0. The molecule has 4 aromatic heterocycles. The summed E-state index contributed by atoms with van der Waals surface area (Å²) in [5.41, 5.74) is 11.3. The third-order valence-corrected chi connectivity index (χ3v) is 19.8. The molecule has 0 fully saturated rings. The van der Waals surface area contributed by atoms with Gasteiger partial charge in [-0.15, -0.1) is 0 Å². The van der Waals surface area contributed by atoms with Gasteiger partial charge in [0.2, 0.25) is 17.7 Å². The topological polar surface area (TPSA) is 329 Å². The standard InChI is InChI=1S/C34H31ClF3N5O2.C22H18ClF3N4O2.C22H15ClF3N3O2.C12H16BrNO.CH2O3.K/c1-3-43(4-2)25-11-8-23(9-12-25)31-21-40-33(42-31)30-20-27(17-18-39-30)45-26-13-5-22(6-14-26)7-16-32(44)41-24-10-15-29(35)28(19-24)34(36,37)38;23-18-7-4-14(11-17(18)22(24,25)26)30-20(31)8-3-13-1-5-15(6-2-13)32-16-9-10-29-19(12-16)21(27)28;23-20-7-4-15(12-19(20)22(24,25)26)29-21(30)8-3-14-1-5-17(6-2-14)31-18-9-10-28-16(11-18)13-27;1-3-14(4-2)11-7-5-10(6-8-11)12(15)9-13;2-1-4-3;/h5-6,8-15,17-21H,3-4,7,16H2,1-2H3,(H,40,42)(H,41,44);1-2,4-7,9-12H,3,8H2,(H3,27,28)(H,30,31);1-2,4-7,9-12H,3,8H2,(H,29,30);5-8H,3-4,9H2,1-2H3;1,3H;/q;;;;;+1/p-1. The number of ketones is 1. The van der Waals surface area contributed by atoms with Gasteiger partial charge < -0.3 is 60.8 Å². The zero-order chi connectivity index (χ0) is 92.4. The predicted octanol–water partition coefficient (Wildman–Crippen LogP) is 19.0. The summed E-state index contributed by atoms with van der Waals surface area (Å²) in [4.78, 5) is 83.9. The van der Waals surface area contributed by atoms with Crippen LogP contribution in [0.5, 0.6) is 34.5 Å². The molecular weight excluding hydrogens is 1830 g/mol. The van der Waals surface area contributed by atoms with Gasteiger partial charge in [0, 0.05) is 116 Å². The van der Waals surface area contributed by atoms with E-state index in [1.54, 1.807) is 103 Å². The Morgan fingerprint density at radius 3 is 1.22 bits per heavy atom. The molecule has 0 bridgehead atoms. The van der Waals surface area contributed by atoms with Gasteiger partial charge in [0.25, 0.3) is 6.47 Å². The smallest absolute Gasteiger partial charge is 0.662 e. The monoisotopic (exact) mass is 1910 g/mol. The Kier molecular flexibility index (Phi) is 40.9. The van der Waals surface area contributed by atoms with Gasteiger partial charge in [-0.3, -0.25) is 39.3 Å². The van der Waals surface area contributed by atoms with E-state index in [1.807, 2.05) is 42.5 Å². The molecular formula is C91H81BrCl3F9KN13O10. The van der Waals surface area contributed by atoms with Crippen molar-refractivity contribution in [2.45, 2.75) is 84.7 Å². The van der Waals surface area contributed by atoms with E-state index < -0.39 is 68.0 Å². The van der Waals surface area contributed by atoms with Gasteiger partial charge >= 0.3 is 69.9 Å². The van der Waals surface area contributed by atoms with Gasteiger partial charge in [-0.1, -0.05) is 99.3 Å². The average molecular weight is 1910 g/mol. The number of amides is 3. The number of carbonyl (C=O) groups is 5. The van der Waals surface area contributed by atoms with Crippen LogP contribution in [0.4, 0.5) is 68.0 Å². The van der Waals surface area contributed by atoms with Crippen LogP contribution in [-0.2, 0) is 61.9 Å². The van der Waals surface area contributed by atoms with Crippen LogP contribution >= 0.6 is 50.7 Å². The largest absolute Gasteiger partial charge is 1.00 e. The van der Waals surface area contributed by atoms with Crippen LogP contribution in [0.1, 0.15) is 102 Å². The third-order valence-electron chi connectivity index (χ3n) is 18.3. The summed E-state index contributed by atoms with van der Waals surface area (Å²) in [6.07, 6.45) is -6.02. The molecule has 12 rings (SSSR count). The van der Waals surface area contributed by atoms with Gasteiger partial charge in [-0.2, -0.15) is 44.8 Å². The Morgan fingerprint density at radius 1 is 0.508 bits per heavy atom. The van der Waals surface area contributed by atoms with Crippen LogP contribution in [0, 0.1) is 16.7 Å². The summed E-state index contributed by atoms with van der Waals surface area (Å²) in [6.45, 7) is 12.2. The Hall–Kier alpha value is -11.8. The number of nitriles is 1. The fourth-order valence-electron chi connectivity index (χ4n) is 11.8. The number of aryl methyl sites for hydroxylation is 3. The molecule has 8 aromatic carbocycles. The van der Waals surface area contributed by atoms with E-state index in [4.69, 9.17) is 75.5 Å². The van der Waals surface area contributed by atoms with Crippen LogP contribution in [0.2, 0.25) is 15.1 Å². The van der Waals surface area contributed by atoms with Crippen molar-refractivity contribution in [2.75, 3.05) is 57.3 Å². The number of hydrogen-bond donors (Lipinski definition) is 6. The number of H-pyrrole nitrogens is 1. The number of alkyl halides is 10. The van der Waals surface area contributed by atoms with E-state index in [-0.39, 0.29) is 111 Å². The molecule has 0 atom stereocenters. The number of Topliss-reactive ketones (excluding diaryl/α,β-unsaturated/α-hetero) is 1. The quantitative estimate of drug-likeness (QED) is 0.00280. The molecule has 0 unspecified atom stereocenters. The SMILES string of the molecule is CCN(CC)c1ccc(-c2cnc(-c3cc(Oc4ccc(CCC(=O)Nc5ccc(Cl)c(C(F)(F)F)c5)cc4)ccn3)[nH]2)cc1.CCN(CC)c1ccc(C(=O)CBr)cc1.N#Cc1cc(Oc2ccc(CCC(=O)Nc3ccc(Cl)c(C(F)(F)F)c3)cc2)ccn1.N=C(N)c1cc(Oc2ccc(CCC(=O)Nc3ccc(Cl)c(C(F)(F)F)c3)cc2)ccn1.O=CO[O-].[K+]. The number of nitrogens with zero attached hydrogens (tertiary/aromatic N) is 7. The van der Waals surface area contributed by atoms with E-state index >= 15 is 0 Å². The van der Waals surface area contributed by atoms with Crippen LogP contribution in [0.3, 0.4) is 0 Å². The summed E-state index contributed by atoms with van der Waals surface area (Å²) in [5.74, 6) is 2.52. The normalized spacial score (nSPS) is 10.8. The third kappa shape index (κ3) is 33.1. The van der Waals surface area contributed by atoms with Crippen LogP contribution in [0.25, 0.3) is 22.8 Å². The number of hydrogen-bond acceptors (Lipinski definition) is 18. The van der Waals surface area contributed by atoms with Gasteiger partial charge in [0.1, 0.15) is 63.5 Å². The van der Waals surface area contributed by atoms with Gasteiger partial charge in [0.05, 0.1) is 49.0 Å². The number of benzene rings is 8. The van der Waals surface area contributed by atoms with Crippen LogP contribution in [-0.4, -0.2) is 92.2 Å². The Labute approximate surface area is 796 Å². The number of carbonyl (C=O) groups excluding carboxylic acids is 5. The van der Waals surface area contributed by atoms with E-state index in [2.05, 4.69) is 123 Å². The number of aromatic amines is 1. The van der Waals surface area contributed by atoms with E-state index in [9.17, 15) is 58.7 Å². The maximum Gasteiger partial charge on any atom is 1.00 e. The van der Waals surface area contributed by atoms with E-state index in [0.717, 1.165) is 96.1 Å². The molecule has 0 aliphatic rings. The molecule has 0 aliphatic heterocycles. The maximum atomic E-state index is 13.1. The molecule has 0 aliphatic carbocycles. The van der Waals surface area contributed by atoms with Gasteiger partial charge in [-0.25, -0.2) is 9.97 Å². The number of amidine groups is 1. The summed E-state index contributed by atoms with van der Waals surface area (Å²) in [5, 5.41) is 31.2. The molecule has 7 N–H and O–H groups in total. The minimum atomic E-state index is -4.61. The number of rotatable bonds is 30. The molecule has 4 heterocycles. The van der Waals surface area contributed by atoms with Crippen molar-refractivity contribution < 1.29 is 139 Å². The maximum absolute atomic E-state index is 13.1. The number of anilines is 5. The molecule has 662 valence electrons. The molecule has 23 nitrogen and oxygen atoms in total. The Balaban J connectivity index is 0.000000241. The van der Waals surface area contributed by atoms with Crippen molar-refractivity contribution in [1.29, 1.82) is 10.7 Å². The van der Waals surface area contributed by atoms with Crippen LogP contribution < -0.4 is 102 Å². The first-order valence-corrected chi connectivity index (χ1v) is 40.9. The first-order valence-electron chi connectivity index (χ1n) is 38.6. The molecule has 0 radical (unpaired) electrons. The van der Waals surface area contributed by atoms with Gasteiger partial charge in [0.15, 0.2) is 11.6 Å². The van der Waals surface area contributed by atoms with Crippen molar-refractivity contribution in [3.8, 4) is 63.3 Å². The molecule has 0 saturated carbocycles. The number of halogens is 13. The first kappa shape index (κ1) is 103. The predicted molar refractivity (Wildman–Crippen MR) is 470 cm³/mol. The minimum absolute atomic E-state index is 0. The van der Waals surface area contributed by atoms with Crippen molar-refractivity contribution in [1.82, 2.24) is 24.9 Å². The number of aromatic nitrogens is 5. The number of nitrogens with one attached hydrogen (secondary N) is 5. The fourth-order valence-corrected chi connectivity index (χ4v) is 12.8. The Bertz CT molecular complexity index is 5720. The molecule has 37 heteroatoms. The number of ether oxygens (including phenoxy) is 3. The summed E-state index contributed by atoms with van der Waals surface area (Å²) in [6, 6.07) is 58.9. The average Bonchev–Trinajstić information content (AvgIpc) is 1.55. The summed E-state index contributed by atoms with van der Waals surface area (Å²) >= 11 is 20.0. The molecule has 0 spiro atoms. The number of imidazole rings is 1. The fraction of sp³-hybridized carbons (Fsp3) is 0.198. The zero-order valence-corrected chi connectivity index (χ0v) is 76.1. The van der Waals surface area contributed by atoms with Crippen molar-refractivity contribution in [2.24, 2.45) is 5.73 Å². The van der Waals surface area contributed by atoms with Gasteiger partial charge in [-0.05, 0) is 215 Å². The second-order valence-corrected chi connectivity index (χ2v) is 28.7. The number of nitrogen functional groups attached to an aromatic ring is 1. The second kappa shape index (κ2) is 50.7. The van der Waals surface area contributed by atoms with Crippen molar-refractivity contribution in [3.63, 3.8) is 0 Å². The van der Waals surface area contributed by atoms with Crippen LogP contribution in [0.15, 0.2) is 237 Å². The summed E-state index contributed by atoms with van der Waals surface area (Å²) < 4.78 is 134. The second-order valence-electron chi connectivity index (χ2n) is 26.9. The molecule has 128 heavy (non-hydrogen) atoms. The van der Waals surface area contributed by atoms with Crippen molar-refractivity contribution >= 4 is 115 Å². The number of nitrogens with two attached hydrogens (primary N) is 1. The van der Waals surface area contributed by atoms with E-state index in [0.29, 0.717) is 76.3 Å². The molecule has 3 amide bonds. The van der Waals surface area contributed by atoms with Crippen molar-refractivity contribution in [3.05, 3.63) is 303 Å². The number of pyridine rings is 3. The molecule has 0 saturated heterocycles. The molecule has 12 aromatic rings. The minimum Gasteiger partial charge on any atom is -0.662 e. The zero-order valence-electron chi connectivity index (χ0n) is 69.1. The first-order chi connectivity index (χ1) is 60.6. The Morgan fingerprint density at radius 2 is 0.867 bits per heavy atom. The van der Waals surface area contributed by atoms with E-state index in [1.165, 1.54) is 48.0 Å².